The van der Waals surface area contributed by atoms with Crippen LogP contribution in [0.2, 0.25) is 0 Å². The third kappa shape index (κ3) is 67.8. The van der Waals surface area contributed by atoms with E-state index < -0.39 is 6.10 Å². The fourth-order valence-corrected chi connectivity index (χ4v) is 10.7. The normalized spacial score (nSPS) is 12.4. The Hall–Kier alpha value is -2.89. The molecule has 81 heavy (non-hydrogen) atoms. The van der Waals surface area contributed by atoms with Crippen LogP contribution in [0.3, 0.4) is 0 Å². The highest BCUT2D eigenvalue weighted by Crippen LogP contribution is 2.18. The molecule has 0 amide bonds. The van der Waals surface area contributed by atoms with Gasteiger partial charge in [-0.3, -0.25) is 14.4 Å². The van der Waals surface area contributed by atoms with Crippen LogP contribution in [0.5, 0.6) is 0 Å². The molecule has 0 rings (SSSR count). The van der Waals surface area contributed by atoms with Gasteiger partial charge in [0, 0.05) is 19.3 Å². The van der Waals surface area contributed by atoms with Gasteiger partial charge in [-0.1, -0.05) is 338 Å². The van der Waals surface area contributed by atoms with Crippen LogP contribution in [0.25, 0.3) is 0 Å². The lowest BCUT2D eigenvalue weighted by Crippen LogP contribution is -2.30. The van der Waals surface area contributed by atoms with Gasteiger partial charge in [0.2, 0.25) is 0 Å². The molecule has 0 aliphatic rings. The average Bonchev–Trinajstić information content (AvgIpc) is 3.47. The van der Waals surface area contributed by atoms with Crippen molar-refractivity contribution < 1.29 is 28.6 Å². The summed E-state index contributed by atoms with van der Waals surface area (Å²) in [6, 6.07) is 0. The molecule has 1 atom stereocenters. The van der Waals surface area contributed by atoms with Crippen molar-refractivity contribution in [1.82, 2.24) is 0 Å². The second-order valence-electron chi connectivity index (χ2n) is 24.1. The van der Waals surface area contributed by atoms with Gasteiger partial charge in [-0.15, -0.1) is 0 Å². The molecule has 472 valence electrons. The molecule has 0 bridgehead atoms. The van der Waals surface area contributed by atoms with Gasteiger partial charge >= 0.3 is 17.9 Å². The number of ether oxygens (including phenoxy) is 3. The zero-order valence-corrected chi connectivity index (χ0v) is 54.3. The molecule has 0 saturated heterocycles. The minimum atomic E-state index is -0.783. The van der Waals surface area contributed by atoms with Crippen molar-refractivity contribution in [3.8, 4) is 0 Å². The Kier molecular flexibility index (Phi) is 67.1. The zero-order valence-electron chi connectivity index (χ0n) is 54.3. The van der Waals surface area contributed by atoms with E-state index in [1.165, 1.54) is 244 Å². The Morgan fingerprint density at radius 1 is 0.259 bits per heavy atom. The first-order chi connectivity index (χ1) is 40.0. The fourth-order valence-electron chi connectivity index (χ4n) is 10.7. The number of carbonyl (C=O) groups is 3. The van der Waals surface area contributed by atoms with Crippen molar-refractivity contribution >= 4 is 17.9 Å². The first kappa shape index (κ1) is 78.1. The molecule has 0 fully saturated rings. The highest BCUT2D eigenvalue weighted by molar-refractivity contribution is 5.71. The number of rotatable bonds is 66. The lowest BCUT2D eigenvalue weighted by molar-refractivity contribution is -0.167. The van der Waals surface area contributed by atoms with Crippen LogP contribution in [0.15, 0.2) is 60.8 Å². The van der Waals surface area contributed by atoms with E-state index in [9.17, 15) is 14.4 Å². The van der Waals surface area contributed by atoms with E-state index in [1.807, 2.05) is 0 Å². The van der Waals surface area contributed by atoms with Crippen molar-refractivity contribution in [1.29, 1.82) is 0 Å². The van der Waals surface area contributed by atoms with Crippen LogP contribution in [0.4, 0.5) is 0 Å². The van der Waals surface area contributed by atoms with E-state index in [4.69, 9.17) is 14.2 Å². The van der Waals surface area contributed by atoms with Crippen LogP contribution >= 0.6 is 0 Å². The van der Waals surface area contributed by atoms with E-state index >= 15 is 0 Å². The predicted octanol–water partition coefficient (Wildman–Crippen LogP) is 24.7. The van der Waals surface area contributed by atoms with Crippen LogP contribution in [0.1, 0.15) is 380 Å². The third-order valence-electron chi connectivity index (χ3n) is 16.0. The standard InChI is InChI=1S/C75H136O6/c1-4-7-10-13-16-19-22-25-28-31-33-35-36-37-38-39-41-42-44-47-50-53-56-59-62-65-68-74(77)80-71-72(70-79-73(76)67-64-61-58-55-52-49-46-30-27-24-21-18-15-12-9-6-3)81-75(78)69-66-63-60-57-54-51-48-45-43-40-34-32-29-26-23-20-17-14-11-8-5-2/h8,11,17,20,26,29-30,34,40,46,72H,4-7,9-10,12-16,18-19,21-25,27-28,31-33,35-39,41-45,47-71H2,1-3H3/b11-8-,20-17-,29-26-,40-34-,46-30-. The Balaban J connectivity index is 4.29. The van der Waals surface area contributed by atoms with Crippen molar-refractivity contribution in [3.63, 3.8) is 0 Å². The summed E-state index contributed by atoms with van der Waals surface area (Å²) in [5.74, 6) is -0.868. The molecule has 1 unspecified atom stereocenters. The molecule has 0 saturated carbocycles. The van der Waals surface area contributed by atoms with Gasteiger partial charge in [-0.05, 0) is 83.5 Å². The number of carbonyl (C=O) groups excluding carboxylic acids is 3. The summed E-state index contributed by atoms with van der Waals surface area (Å²) >= 11 is 0. The summed E-state index contributed by atoms with van der Waals surface area (Å²) in [6.07, 6.45) is 89.7. The van der Waals surface area contributed by atoms with Crippen LogP contribution in [0, 0.1) is 0 Å². The maximum absolute atomic E-state index is 13.0. The molecule has 0 aliphatic carbocycles. The molecular weight excluding hydrogens is 997 g/mol. The summed E-state index contributed by atoms with van der Waals surface area (Å²) in [5.41, 5.74) is 0. The maximum atomic E-state index is 13.0. The first-order valence-electron chi connectivity index (χ1n) is 35.8. The smallest absolute Gasteiger partial charge is 0.306 e. The van der Waals surface area contributed by atoms with Gasteiger partial charge in [0.15, 0.2) is 6.10 Å². The highest BCUT2D eigenvalue weighted by atomic mass is 16.6. The van der Waals surface area contributed by atoms with Gasteiger partial charge in [-0.2, -0.15) is 0 Å². The molecule has 0 aliphatic heterocycles. The van der Waals surface area contributed by atoms with E-state index in [-0.39, 0.29) is 31.1 Å². The van der Waals surface area contributed by atoms with Gasteiger partial charge in [0.1, 0.15) is 13.2 Å². The monoisotopic (exact) mass is 1130 g/mol. The Morgan fingerprint density at radius 3 is 0.765 bits per heavy atom. The number of esters is 3. The summed E-state index contributed by atoms with van der Waals surface area (Å²) in [5, 5.41) is 0. The predicted molar refractivity (Wildman–Crippen MR) is 353 cm³/mol. The SMILES string of the molecule is CC/C=C\C/C=C\C/C=C\C/C=C\CCCCCCCCCCC(=O)OC(COC(=O)CCCCCCC/C=C\CCCCCCCCC)COC(=O)CCCCCCCCCCCCCCCCCCCCCCCCCCCC. The average molecular weight is 1130 g/mol. The van der Waals surface area contributed by atoms with Crippen LogP contribution in [-0.2, 0) is 28.6 Å². The van der Waals surface area contributed by atoms with E-state index in [0.29, 0.717) is 19.3 Å². The fraction of sp³-hybridized carbons (Fsp3) is 0.827. The molecule has 6 heteroatoms. The second-order valence-corrected chi connectivity index (χ2v) is 24.1. The number of allylic oxidation sites excluding steroid dienone is 10. The lowest BCUT2D eigenvalue weighted by atomic mass is 10.0. The summed E-state index contributed by atoms with van der Waals surface area (Å²) in [4.78, 5) is 38.5. The Morgan fingerprint density at radius 2 is 0.481 bits per heavy atom. The minimum absolute atomic E-state index is 0.0763. The molecule has 0 radical (unpaired) electrons. The van der Waals surface area contributed by atoms with Crippen molar-refractivity contribution in [3.05, 3.63) is 60.8 Å². The van der Waals surface area contributed by atoms with Crippen molar-refractivity contribution in [2.75, 3.05) is 13.2 Å². The molecule has 0 aromatic heterocycles. The minimum Gasteiger partial charge on any atom is -0.462 e. The van der Waals surface area contributed by atoms with Gasteiger partial charge in [0.25, 0.3) is 0 Å². The quantitative estimate of drug-likeness (QED) is 0.0261. The Bertz CT molecular complexity index is 1440. The lowest BCUT2D eigenvalue weighted by Gasteiger charge is -2.18. The second kappa shape index (κ2) is 69.6. The van der Waals surface area contributed by atoms with E-state index in [1.54, 1.807) is 0 Å². The number of hydrogen-bond acceptors (Lipinski definition) is 6. The molecule has 0 heterocycles. The Labute approximate surface area is 504 Å². The van der Waals surface area contributed by atoms with Crippen LogP contribution in [-0.4, -0.2) is 37.2 Å². The topological polar surface area (TPSA) is 78.9 Å². The van der Waals surface area contributed by atoms with Crippen LogP contribution < -0.4 is 0 Å². The number of unbranched alkanes of at least 4 members (excludes halogenated alkanes) is 45. The summed E-state index contributed by atoms with van der Waals surface area (Å²) in [6.45, 7) is 6.58. The van der Waals surface area contributed by atoms with Crippen molar-refractivity contribution in [2.24, 2.45) is 0 Å². The molecule has 0 spiro atoms. The zero-order chi connectivity index (χ0) is 58.5. The molecule has 0 aromatic rings. The van der Waals surface area contributed by atoms with E-state index in [2.05, 4.69) is 81.5 Å². The summed E-state index contributed by atoms with van der Waals surface area (Å²) in [7, 11) is 0. The largest absolute Gasteiger partial charge is 0.462 e. The third-order valence-corrected chi connectivity index (χ3v) is 16.0. The van der Waals surface area contributed by atoms with Gasteiger partial charge in [-0.25, -0.2) is 0 Å². The maximum Gasteiger partial charge on any atom is 0.306 e. The van der Waals surface area contributed by atoms with Gasteiger partial charge < -0.3 is 14.2 Å². The molecule has 0 aromatic carbocycles. The molecule has 6 nitrogen and oxygen atoms in total. The molecular formula is C75H136O6. The molecule has 0 N–H and O–H groups in total. The van der Waals surface area contributed by atoms with E-state index in [0.717, 1.165) is 96.3 Å². The van der Waals surface area contributed by atoms with Crippen molar-refractivity contribution in [2.45, 2.75) is 386 Å². The summed E-state index contributed by atoms with van der Waals surface area (Å²) < 4.78 is 17.0. The first-order valence-corrected chi connectivity index (χ1v) is 35.8. The number of hydrogen-bond donors (Lipinski definition) is 0. The van der Waals surface area contributed by atoms with Gasteiger partial charge in [0.05, 0.1) is 0 Å². The highest BCUT2D eigenvalue weighted by Gasteiger charge is 2.19.